The van der Waals surface area contributed by atoms with Crippen LogP contribution in [0.3, 0.4) is 0 Å². The number of benzene rings is 1. The summed E-state index contributed by atoms with van der Waals surface area (Å²) in [5.74, 6) is -0.0528. The van der Waals surface area contributed by atoms with Gasteiger partial charge in [-0.1, -0.05) is 12.1 Å². The van der Waals surface area contributed by atoms with Gasteiger partial charge in [0.2, 0.25) is 0 Å². The van der Waals surface area contributed by atoms with Gasteiger partial charge >= 0.3 is 0 Å². The van der Waals surface area contributed by atoms with Crippen molar-refractivity contribution in [1.29, 1.82) is 5.26 Å². The fraction of sp³-hybridized carbons (Fsp3) is 0. The first-order valence-electron chi connectivity index (χ1n) is 5.22. The Kier molecular flexibility index (Phi) is 3.21. The summed E-state index contributed by atoms with van der Waals surface area (Å²) in [6, 6.07) is 11.8. The number of nitrogen functional groups attached to an aromatic ring is 1. The number of nitriles is 1. The Hall–Kier alpha value is -2.87. The first-order valence-corrected chi connectivity index (χ1v) is 5.22. The summed E-state index contributed by atoms with van der Waals surface area (Å²) < 4.78 is 0. The normalized spacial score (nSPS) is 9.50. The number of para-hydroxylation sites is 1. The van der Waals surface area contributed by atoms with Crippen molar-refractivity contribution < 1.29 is 4.79 Å². The average molecular weight is 238 g/mol. The van der Waals surface area contributed by atoms with Crippen LogP contribution >= 0.6 is 0 Å². The molecule has 0 aliphatic carbocycles. The van der Waals surface area contributed by atoms with E-state index in [4.69, 9.17) is 11.0 Å². The van der Waals surface area contributed by atoms with Crippen LogP contribution in [0.15, 0.2) is 42.6 Å². The molecule has 1 heterocycles. The summed E-state index contributed by atoms with van der Waals surface area (Å²) in [5, 5.41) is 11.6. The van der Waals surface area contributed by atoms with Crippen molar-refractivity contribution in [3.8, 4) is 6.07 Å². The first-order chi connectivity index (χ1) is 8.70. The predicted octanol–water partition coefficient (Wildman–Crippen LogP) is 1.79. The zero-order valence-electron chi connectivity index (χ0n) is 9.42. The van der Waals surface area contributed by atoms with Gasteiger partial charge < -0.3 is 11.1 Å². The topological polar surface area (TPSA) is 91.8 Å². The Morgan fingerprint density at radius 2 is 2.11 bits per heavy atom. The maximum atomic E-state index is 11.9. The number of hydrogen-bond acceptors (Lipinski definition) is 4. The number of nitrogens with one attached hydrogen (secondary N) is 1. The van der Waals surface area contributed by atoms with Crippen molar-refractivity contribution in [2.24, 2.45) is 0 Å². The van der Waals surface area contributed by atoms with Gasteiger partial charge in [-0.05, 0) is 24.3 Å². The number of anilines is 2. The van der Waals surface area contributed by atoms with Crippen molar-refractivity contribution in [3.05, 3.63) is 53.7 Å². The van der Waals surface area contributed by atoms with Crippen LogP contribution in [0.4, 0.5) is 11.5 Å². The molecule has 1 amide bonds. The van der Waals surface area contributed by atoms with Crippen molar-refractivity contribution in [1.82, 2.24) is 4.98 Å². The summed E-state index contributed by atoms with van der Waals surface area (Å²) in [7, 11) is 0. The molecule has 2 rings (SSSR count). The van der Waals surface area contributed by atoms with Gasteiger partial charge in [0.1, 0.15) is 11.9 Å². The molecule has 88 valence electrons. The SMILES string of the molecule is N#Cc1ccccc1NC(=O)c1ccnc(N)c1. The minimum atomic E-state index is -0.327. The zero-order valence-corrected chi connectivity index (χ0v) is 9.42. The lowest BCUT2D eigenvalue weighted by atomic mass is 10.2. The molecule has 0 aliphatic heterocycles. The van der Waals surface area contributed by atoms with Gasteiger partial charge in [0, 0.05) is 11.8 Å². The van der Waals surface area contributed by atoms with E-state index in [0.717, 1.165) is 0 Å². The number of nitrogens with zero attached hydrogens (tertiary/aromatic N) is 2. The molecule has 0 fully saturated rings. The van der Waals surface area contributed by atoms with E-state index in [-0.39, 0.29) is 11.7 Å². The number of hydrogen-bond donors (Lipinski definition) is 2. The van der Waals surface area contributed by atoms with Crippen LogP contribution in [0.5, 0.6) is 0 Å². The van der Waals surface area contributed by atoms with E-state index in [1.54, 1.807) is 30.3 Å². The second kappa shape index (κ2) is 4.97. The number of nitrogens with two attached hydrogens (primary N) is 1. The number of amides is 1. The van der Waals surface area contributed by atoms with Gasteiger partial charge in [0.05, 0.1) is 11.3 Å². The summed E-state index contributed by atoms with van der Waals surface area (Å²) in [4.78, 5) is 15.7. The van der Waals surface area contributed by atoms with E-state index in [1.165, 1.54) is 12.3 Å². The summed E-state index contributed by atoms with van der Waals surface area (Å²) in [5.41, 5.74) is 6.78. The Balaban J connectivity index is 2.25. The van der Waals surface area contributed by atoms with Crippen LogP contribution < -0.4 is 11.1 Å². The zero-order chi connectivity index (χ0) is 13.0. The third-order valence-electron chi connectivity index (χ3n) is 2.34. The maximum Gasteiger partial charge on any atom is 0.255 e. The standard InChI is InChI=1S/C13H10N4O/c14-8-10-3-1-2-4-11(10)17-13(18)9-5-6-16-12(15)7-9/h1-7H,(H2,15,16)(H,17,18). The molecule has 0 saturated carbocycles. The molecule has 3 N–H and O–H groups in total. The van der Waals surface area contributed by atoms with Gasteiger partial charge in [0.25, 0.3) is 5.91 Å². The van der Waals surface area contributed by atoms with Gasteiger partial charge in [-0.2, -0.15) is 5.26 Å². The number of carbonyl (C=O) groups is 1. The predicted molar refractivity (Wildman–Crippen MR) is 67.8 cm³/mol. The highest BCUT2D eigenvalue weighted by molar-refractivity contribution is 6.05. The van der Waals surface area contributed by atoms with E-state index in [1.807, 2.05) is 6.07 Å². The molecule has 18 heavy (non-hydrogen) atoms. The highest BCUT2D eigenvalue weighted by Crippen LogP contribution is 2.15. The lowest BCUT2D eigenvalue weighted by Crippen LogP contribution is -2.13. The van der Waals surface area contributed by atoms with Crippen molar-refractivity contribution in [2.75, 3.05) is 11.1 Å². The highest BCUT2D eigenvalue weighted by Gasteiger charge is 2.08. The van der Waals surface area contributed by atoms with E-state index < -0.39 is 0 Å². The molecule has 1 aromatic carbocycles. The smallest absolute Gasteiger partial charge is 0.255 e. The van der Waals surface area contributed by atoms with Crippen molar-refractivity contribution in [3.63, 3.8) is 0 Å². The maximum absolute atomic E-state index is 11.9. The Morgan fingerprint density at radius 3 is 2.83 bits per heavy atom. The average Bonchev–Trinajstić information content (AvgIpc) is 2.39. The highest BCUT2D eigenvalue weighted by atomic mass is 16.1. The summed E-state index contributed by atoms with van der Waals surface area (Å²) >= 11 is 0. The summed E-state index contributed by atoms with van der Waals surface area (Å²) in [6.07, 6.45) is 1.46. The Morgan fingerprint density at radius 1 is 1.33 bits per heavy atom. The molecule has 0 aliphatic rings. The molecule has 0 radical (unpaired) electrons. The fourth-order valence-electron chi connectivity index (χ4n) is 1.47. The largest absolute Gasteiger partial charge is 0.384 e. The van der Waals surface area contributed by atoms with Crippen LogP contribution in [0.25, 0.3) is 0 Å². The van der Waals surface area contributed by atoms with E-state index in [2.05, 4.69) is 10.3 Å². The van der Waals surface area contributed by atoms with E-state index in [9.17, 15) is 4.79 Å². The molecule has 0 atom stereocenters. The van der Waals surface area contributed by atoms with Gasteiger partial charge in [-0.15, -0.1) is 0 Å². The molecule has 0 saturated heterocycles. The first kappa shape index (κ1) is 11.6. The molecule has 0 spiro atoms. The number of pyridine rings is 1. The van der Waals surface area contributed by atoms with Crippen LogP contribution in [-0.2, 0) is 0 Å². The van der Waals surface area contributed by atoms with Crippen molar-refractivity contribution in [2.45, 2.75) is 0 Å². The van der Waals surface area contributed by atoms with Gasteiger partial charge in [0.15, 0.2) is 0 Å². The number of rotatable bonds is 2. The number of carbonyl (C=O) groups excluding carboxylic acids is 1. The van der Waals surface area contributed by atoms with Crippen LogP contribution in [0, 0.1) is 11.3 Å². The third kappa shape index (κ3) is 2.44. The molecule has 1 aromatic heterocycles. The monoisotopic (exact) mass is 238 g/mol. The second-order valence-electron chi connectivity index (χ2n) is 3.58. The molecular weight excluding hydrogens is 228 g/mol. The van der Waals surface area contributed by atoms with E-state index in [0.29, 0.717) is 16.8 Å². The summed E-state index contributed by atoms with van der Waals surface area (Å²) in [6.45, 7) is 0. The molecular formula is C13H10N4O. The van der Waals surface area contributed by atoms with Crippen molar-refractivity contribution >= 4 is 17.4 Å². The second-order valence-corrected chi connectivity index (χ2v) is 3.58. The Bertz CT molecular complexity index is 631. The molecule has 2 aromatic rings. The van der Waals surface area contributed by atoms with Gasteiger partial charge in [-0.25, -0.2) is 4.98 Å². The van der Waals surface area contributed by atoms with Crippen LogP contribution in [0.2, 0.25) is 0 Å². The molecule has 5 heteroatoms. The van der Waals surface area contributed by atoms with Gasteiger partial charge in [-0.3, -0.25) is 4.79 Å². The minimum Gasteiger partial charge on any atom is -0.384 e. The molecule has 5 nitrogen and oxygen atoms in total. The minimum absolute atomic E-state index is 0.274. The number of aromatic nitrogens is 1. The molecule has 0 bridgehead atoms. The third-order valence-corrected chi connectivity index (χ3v) is 2.34. The lowest BCUT2D eigenvalue weighted by molar-refractivity contribution is 0.102. The quantitative estimate of drug-likeness (QED) is 0.834. The Labute approximate surface area is 104 Å². The lowest BCUT2D eigenvalue weighted by Gasteiger charge is -2.06. The van der Waals surface area contributed by atoms with E-state index >= 15 is 0 Å². The van der Waals surface area contributed by atoms with Crippen LogP contribution in [-0.4, -0.2) is 10.9 Å². The molecule has 0 unspecified atom stereocenters. The fourth-order valence-corrected chi connectivity index (χ4v) is 1.47. The van der Waals surface area contributed by atoms with Crippen LogP contribution in [0.1, 0.15) is 15.9 Å².